The van der Waals surface area contributed by atoms with Crippen molar-refractivity contribution in [1.29, 1.82) is 0 Å². The molecule has 184 valence electrons. The van der Waals surface area contributed by atoms with E-state index in [1.165, 1.54) is 47.0 Å². The van der Waals surface area contributed by atoms with Gasteiger partial charge in [-0.1, -0.05) is 30.3 Å². The Morgan fingerprint density at radius 2 is 1.89 bits per heavy atom. The lowest BCUT2D eigenvalue weighted by molar-refractivity contribution is -0.174. The van der Waals surface area contributed by atoms with Crippen molar-refractivity contribution in [1.82, 2.24) is 14.8 Å². The molecule has 1 aromatic heterocycles. The van der Waals surface area contributed by atoms with Crippen LogP contribution in [0.4, 0.5) is 4.39 Å². The van der Waals surface area contributed by atoms with E-state index in [1.807, 2.05) is 0 Å². The minimum atomic E-state index is -0.236. The summed E-state index contributed by atoms with van der Waals surface area (Å²) in [5, 5.41) is 1.38. The number of rotatable bonds is 7. The van der Waals surface area contributed by atoms with E-state index in [-0.39, 0.29) is 18.8 Å². The molecule has 35 heavy (non-hydrogen) atoms. The summed E-state index contributed by atoms with van der Waals surface area (Å²) in [5.74, 6) is 1.91. The second kappa shape index (κ2) is 8.35. The average Bonchev–Trinajstić information content (AvgIpc) is 3.41. The maximum Gasteiger partial charge on any atom is 0.119 e. The second-order valence-electron chi connectivity index (χ2n) is 11.6. The molecular formula is C30H36FN3O. The molecule has 2 aliphatic heterocycles. The topological polar surface area (TPSA) is 31.5 Å². The number of para-hydroxylation sites is 1. The molecule has 5 aliphatic rings. The zero-order valence-electron chi connectivity index (χ0n) is 20.7. The zero-order valence-corrected chi connectivity index (χ0v) is 20.7. The smallest absolute Gasteiger partial charge is 0.119 e. The zero-order chi connectivity index (χ0) is 23.6. The largest absolute Gasteiger partial charge is 0.489 e. The molecule has 0 amide bonds. The minimum Gasteiger partial charge on any atom is -0.489 e. The van der Waals surface area contributed by atoms with E-state index in [0.29, 0.717) is 18.0 Å². The molecular weight excluding hydrogens is 437 g/mol. The van der Waals surface area contributed by atoms with Crippen molar-refractivity contribution in [3.63, 3.8) is 0 Å². The summed E-state index contributed by atoms with van der Waals surface area (Å²) >= 11 is 0. The Kier molecular flexibility index (Phi) is 5.22. The quantitative estimate of drug-likeness (QED) is 0.466. The van der Waals surface area contributed by atoms with Crippen molar-refractivity contribution in [3.05, 3.63) is 65.4 Å². The van der Waals surface area contributed by atoms with Crippen LogP contribution in [0.3, 0.4) is 0 Å². The number of benzene rings is 2. The van der Waals surface area contributed by atoms with Gasteiger partial charge in [-0.05, 0) is 80.7 Å². The van der Waals surface area contributed by atoms with Gasteiger partial charge in [0.2, 0.25) is 0 Å². The molecule has 1 N–H and O–H groups in total. The number of aromatic amines is 1. The van der Waals surface area contributed by atoms with Crippen molar-refractivity contribution < 1.29 is 9.13 Å². The molecule has 3 aliphatic carbocycles. The van der Waals surface area contributed by atoms with E-state index >= 15 is 0 Å². The van der Waals surface area contributed by atoms with Crippen molar-refractivity contribution >= 4 is 10.9 Å². The number of alkyl halides is 1. The summed E-state index contributed by atoms with van der Waals surface area (Å²) < 4.78 is 18.9. The summed E-state index contributed by atoms with van der Waals surface area (Å²) in [6, 6.07) is 18.5. The van der Waals surface area contributed by atoms with Gasteiger partial charge in [0.25, 0.3) is 0 Å². The summed E-state index contributed by atoms with van der Waals surface area (Å²) in [7, 11) is 0. The van der Waals surface area contributed by atoms with Crippen LogP contribution in [0, 0.1) is 5.92 Å². The third-order valence-electron chi connectivity index (χ3n) is 9.26. The number of hydrogen-bond acceptors (Lipinski definition) is 3. The Labute approximate surface area is 207 Å². The fourth-order valence-corrected chi connectivity index (χ4v) is 7.58. The van der Waals surface area contributed by atoms with E-state index in [0.717, 1.165) is 44.1 Å². The van der Waals surface area contributed by atoms with Crippen molar-refractivity contribution in [2.45, 2.75) is 69.2 Å². The van der Waals surface area contributed by atoms with Crippen LogP contribution in [-0.2, 0) is 6.42 Å². The molecule has 0 unspecified atom stereocenters. The van der Waals surface area contributed by atoms with E-state index in [4.69, 9.17) is 4.74 Å². The van der Waals surface area contributed by atoms with Crippen LogP contribution in [0.2, 0.25) is 0 Å². The maximum absolute atomic E-state index is 12.5. The van der Waals surface area contributed by atoms with Gasteiger partial charge in [0.1, 0.15) is 11.9 Å². The molecule has 4 fully saturated rings. The van der Waals surface area contributed by atoms with Crippen molar-refractivity contribution in [3.8, 4) is 5.75 Å². The van der Waals surface area contributed by atoms with Gasteiger partial charge >= 0.3 is 0 Å². The lowest BCUT2D eigenvalue weighted by Gasteiger charge is -2.70. The van der Waals surface area contributed by atoms with Crippen molar-refractivity contribution in [2.24, 2.45) is 5.92 Å². The summed E-state index contributed by atoms with van der Waals surface area (Å²) in [4.78, 5) is 9.02. The number of aromatic nitrogens is 1. The van der Waals surface area contributed by atoms with Crippen LogP contribution >= 0.6 is 0 Å². The highest BCUT2D eigenvalue weighted by molar-refractivity contribution is 5.85. The Morgan fingerprint density at radius 3 is 2.63 bits per heavy atom. The highest BCUT2D eigenvalue weighted by atomic mass is 19.1. The predicted octanol–water partition coefficient (Wildman–Crippen LogP) is 5.87. The van der Waals surface area contributed by atoms with Gasteiger partial charge in [0.05, 0.1) is 12.7 Å². The van der Waals surface area contributed by atoms with Crippen LogP contribution in [0.15, 0.2) is 48.5 Å². The van der Waals surface area contributed by atoms with Gasteiger partial charge in [-0.25, -0.2) is 0 Å². The molecule has 5 heteroatoms. The molecule has 3 atom stereocenters. The van der Waals surface area contributed by atoms with Gasteiger partial charge in [-0.15, -0.1) is 0 Å². The Morgan fingerprint density at radius 1 is 1.09 bits per heavy atom. The van der Waals surface area contributed by atoms with E-state index in [9.17, 15) is 4.39 Å². The Balaban J connectivity index is 1.18. The fraction of sp³-hybridized carbons (Fsp3) is 0.533. The Bertz CT molecular complexity index is 1200. The number of H-pyrrole nitrogens is 1. The standard InChI is InChI=1S/C30H36FN3O/c1-20-15-26-25-5-2-3-6-27(25)32-28(26)29(34(20)30-16-21(17-30)18-30)22-7-9-23(10-8-22)35-24-11-14-33(19-24)13-4-12-31/h2-3,5-10,20-21,24,29,32H,4,11-19H2,1H3/t20-,21?,24-,29-,30?/m1/s1. The van der Waals surface area contributed by atoms with Crippen LogP contribution in [0.5, 0.6) is 5.75 Å². The third kappa shape index (κ3) is 3.54. The van der Waals surface area contributed by atoms with Gasteiger partial charge < -0.3 is 9.72 Å². The highest BCUT2D eigenvalue weighted by Crippen LogP contribution is 2.64. The van der Waals surface area contributed by atoms with Crippen LogP contribution in [0.1, 0.15) is 61.9 Å². The first-order valence-corrected chi connectivity index (χ1v) is 13.6. The lowest BCUT2D eigenvalue weighted by atomic mass is 9.48. The molecule has 8 rings (SSSR count). The Hall–Kier alpha value is -2.37. The van der Waals surface area contributed by atoms with E-state index < -0.39 is 0 Å². The molecule has 3 heterocycles. The summed E-state index contributed by atoms with van der Waals surface area (Å²) in [6.45, 7) is 4.94. The third-order valence-corrected chi connectivity index (χ3v) is 9.26. The number of nitrogens with one attached hydrogen (secondary N) is 1. The molecule has 0 spiro atoms. The molecule has 2 bridgehead atoms. The van der Waals surface area contributed by atoms with Gasteiger partial charge in [0, 0.05) is 47.8 Å². The van der Waals surface area contributed by atoms with Crippen LogP contribution in [0.25, 0.3) is 10.9 Å². The first-order valence-electron chi connectivity index (χ1n) is 13.6. The lowest BCUT2D eigenvalue weighted by Crippen LogP contribution is -2.71. The number of fused-ring (bicyclic) bond motifs is 3. The number of nitrogens with zero attached hydrogens (tertiary/aromatic N) is 2. The summed E-state index contributed by atoms with van der Waals surface area (Å²) in [6.07, 6.45) is 7.05. The normalized spacial score (nSPS) is 32.3. The van der Waals surface area contributed by atoms with Gasteiger partial charge in [0.15, 0.2) is 0 Å². The monoisotopic (exact) mass is 473 g/mol. The predicted molar refractivity (Wildman–Crippen MR) is 138 cm³/mol. The van der Waals surface area contributed by atoms with Gasteiger partial charge in [-0.2, -0.15) is 0 Å². The van der Waals surface area contributed by atoms with Crippen LogP contribution in [-0.4, -0.2) is 58.8 Å². The molecule has 2 aromatic carbocycles. The molecule has 3 aromatic rings. The molecule has 3 saturated carbocycles. The van der Waals surface area contributed by atoms with Gasteiger partial charge in [-0.3, -0.25) is 14.2 Å². The van der Waals surface area contributed by atoms with Crippen molar-refractivity contribution in [2.75, 3.05) is 26.3 Å². The maximum atomic E-state index is 12.5. The van der Waals surface area contributed by atoms with Crippen LogP contribution < -0.4 is 4.74 Å². The fourth-order valence-electron chi connectivity index (χ4n) is 7.58. The number of ether oxygens (including phenoxy) is 1. The number of hydrogen-bond donors (Lipinski definition) is 1. The first kappa shape index (κ1) is 21.9. The first-order chi connectivity index (χ1) is 17.1. The SMILES string of the molecule is C[C@@H]1Cc2c([nH]c3ccccc23)[C@@H](c2ccc(O[C@@H]3CCN(CCCF)C3)cc2)N1C12CC(C1)C2. The molecule has 4 nitrogen and oxygen atoms in total. The number of likely N-dealkylation sites (tertiary alicyclic amines) is 1. The second-order valence-corrected chi connectivity index (χ2v) is 11.6. The summed E-state index contributed by atoms with van der Waals surface area (Å²) in [5.41, 5.74) is 5.90. The van der Waals surface area contributed by atoms with E-state index in [2.05, 4.69) is 70.2 Å². The molecule has 1 saturated heterocycles. The van der Waals surface area contributed by atoms with E-state index in [1.54, 1.807) is 0 Å². The number of halogens is 1. The highest BCUT2D eigenvalue weighted by Gasteiger charge is 2.63. The molecule has 0 radical (unpaired) electrons. The average molecular weight is 474 g/mol. The minimum absolute atomic E-state index is 0.202.